The number of methoxy groups -OCH3 is 2. The predicted molar refractivity (Wildman–Crippen MR) is 111 cm³/mol. The lowest BCUT2D eigenvalue weighted by Crippen LogP contribution is -2.40. The van der Waals surface area contributed by atoms with Gasteiger partial charge in [-0.1, -0.05) is 12.1 Å². The van der Waals surface area contributed by atoms with Crippen molar-refractivity contribution in [2.45, 2.75) is 25.9 Å². The van der Waals surface area contributed by atoms with Crippen molar-refractivity contribution in [1.29, 1.82) is 0 Å². The maximum atomic E-state index is 13.3. The van der Waals surface area contributed by atoms with E-state index in [1.54, 1.807) is 32.0 Å². The molecule has 9 heteroatoms. The maximum absolute atomic E-state index is 13.3. The molecule has 4 rings (SSSR count). The van der Waals surface area contributed by atoms with E-state index in [1.165, 1.54) is 25.6 Å². The summed E-state index contributed by atoms with van der Waals surface area (Å²) in [5.74, 6) is 1.69. The molecule has 1 aliphatic heterocycles. The number of rotatable bonds is 6. The summed E-state index contributed by atoms with van der Waals surface area (Å²) in [7, 11) is 3.05. The van der Waals surface area contributed by atoms with E-state index in [9.17, 15) is 9.59 Å². The molecule has 3 amide bonds. The van der Waals surface area contributed by atoms with Crippen molar-refractivity contribution < 1.29 is 23.5 Å². The van der Waals surface area contributed by atoms with Gasteiger partial charge in [-0.3, -0.25) is 9.69 Å². The van der Waals surface area contributed by atoms with E-state index in [4.69, 9.17) is 13.9 Å². The molecule has 0 spiro atoms. The molecule has 1 atom stereocenters. The lowest BCUT2D eigenvalue weighted by molar-refractivity contribution is -0.131. The number of aryl methyl sites for hydroxylation is 1. The molecule has 0 aliphatic carbocycles. The largest absolute Gasteiger partial charge is 0.493 e. The first-order valence-corrected chi connectivity index (χ1v) is 10.1. The van der Waals surface area contributed by atoms with Gasteiger partial charge < -0.3 is 19.2 Å². The third kappa shape index (κ3) is 3.21. The van der Waals surface area contributed by atoms with Crippen LogP contribution in [0.4, 0.5) is 4.79 Å². The average molecular weight is 427 g/mol. The standard InChI is InChI=1S/C21H21N3O5S/c1-12-14(22-18(29-12)17-6-5-9-30-17)11-24-19(25)21(2,23-20(24)26)13-7-8-15(27-3)16(10-13)28-4/h5-10H,11H2,1-4H3,(H,23,26). The zero-order valence-electron chi connectivity index (χ0n) is 17.0. The molecule has 0 bridgehead atoms. The highest BCUT2D eigenvalue weighted by atomic mass is 32.1. The summed E-state index contributed by atoms with van der Waals surface area (Å²) in [5, 5.41) is 4.73. The normalized spacial score (nSPS) is 18.6. The monoisotopic (exact) mass is 427 g/mol. The summed E-state index contributed by atoms with van der Waals surface area (Å²) < 4.78 is 16.3. The number of ether oxygens (including phenoxy) is 2. The molecule has 1 aliphatic rings. The second kappa shape index (κ2) is 7.49. The number of nitrogens with one attached hydrogen (secondary N) is 1. The van der Waals surface area contributed by atoms with E-state index in [0.717, 1.165) is 9.78 Å². The number of hydrogen-bond donors (Lipinski definition) is 1. The Labute approximate surface area is 177 Å². The second-order valence-corrected chi connectivity index (χ2v) is 7.96. The Bertz CT molecular complexity index is 1110. The molecule has 1 unspecified atom stereocenters. The van der Waals surface area contributed by atoms with Crippen LogP contribution in [0.1, 0.15) is 23.9 Å². The van der Waals surface area contributed by atoms with Crippen LogP contribution >= 0.6 is 11.3 Å². The molecular weight excluding hydrogens is 406 g/mol. The minimum Gasteiger partial charge on any atom is -0.493 e. The molecule has 1 fully saturated rings. The van der Waals surface area contributed by atoms with Crippen molar-refractivity contribution >= 4 is 23.3 Å². The SMILES string of the molecule is COc1ccc(C2(C)NC(=O)N(Cc3nc(-c4cccs4)oc3C)C2=O)cc1OC. The molecule has 156 valence electrons. The van der Waals surface area contributed by atoms with Crippen LogP contribution in [0.15, 0.2) is 40.1 Å². The molecule has 0 radical (unpaired) electrons. The van der Waals surface area contributed by atoms with Gasteiger partial charge in [0.15, 0.2) is 11.5 Å². The lowest BCUT2D eigenvalue weighted by atomic mass is 9.91. The Kier molecular flexibility index (Phi) is 4.98. The summed E-state index contributed by atoms with van der Waals surface area (Å²) in [5.41, 5.74) is -0.0965. The van der Waals surface area contributed by atoms with Gasteiger partial charge in [0.1, 0.15) is 17.0 Å². The number of thiophene rings is 1. The predicted octanol–water partition coefficient (Wildman–Crippen LogP) is 3.70. The van der Waals surface area contributed by atoms with Gasteiger partial charge in [0, 0.05) is 0 Å². The number of benzene rings is 1. The van der Waals surface area contributed by atoms with Gasteiger partial charge in [-0.05, 0) is 43.0 Å². The number of carbonyl (C=O) groups is 2. The zero-order valence-corrected chi connectivity index (χ0v) is 17.8. The summed E-state index contributed by atoms with van der Waals surface area (Å²) in [4.78, 5) is 32.5. The number of imide groups is 1. The number of urea groups is 1. The molecule has 1 saturated heterocycles. The Balaban J connectivity index is 1.62. The Morgan fingerprint density at radius 3 is 2.63 bits per heavy atom. The second-order valence-electron chi connectivity index (χ2n) is 7.02. The maximum Gasteiger partial charge on any atom is 0.325 e. The fourth-order valence-corrected chi connectivity index (χ4v) is 4.06. The minimum atomic E-state index is -1.23. The van der Waals surface area contributed by atoms with Gasteiger partial charge in [-0.25, -0.2) is 9.78 Å². The highest BCUT2D eigenvalue weighted by Crippen LogP contribution is 2.36. The molecule has 0 saturated carbocycles. The van der Waals surface area contributed by atoms with Gasteiger partial charge in [0.2, 0.25) is 5.89 Å². The van der Waals surface area contributed by atoms with Gasteiger partial charge in [-0.15, -0.1) is 11.3 Å². The topological polar surface area (TPSA) is 93.9 Å². The van der Waals surface area contributed by atoms with Crippen molar-refractivity contribution in [3.63, 3.8) is 0 Å². The number of hydrogen-bond acceptors (Lipinski definition) is 7. The van der Waals surface area contributed by atoms with Gasteiger partial charge in [0.25, 0.3) is 5.91 Å². The number of carbonyl (C=O) groups excluding carboxylic acids is 2. The van der Waals surface area contributed by atoms with E-state index in [-0.39, 0.29) is 12.5 Å². The van der Waals surface area contributed by atoms with E-state index >= 15 is 0 Å². The quantitative estimate of drug-likeness (QED) is 0.603. The molecule has 2 aromatic heterocycles. The highest BCUT2D eigenvalue weighted by Gasteiger charge is 2.49. The Morgan fingerprint density at radius 1 is 1.20 bits per heavy atom. The fraction of sp³-hybridized carbons (Fsp3) is 0.286. The summed E-state index contributed by atoms with van der Waals surface area (Å²) in [6.45, 7) is 3.46. The molecule has 1 aromatic carbocycles. The van der Waals surface area contributed by atoms with Crippen LogP contribution in [0.3, 0.4) is 0 Å². The minimum absolute atomic E-state index is 0.0221. The van der Waals surface area contributed by atoms with Gasteiger partial charge >= 0.3 is 6.03 Å². The first kappa shape index (κ1) is 20.0. The summed E-state index contributed by atoms with van der Waals surface area (Å²) in [6.07, 6.45) is 0. The van der Waals surface area contributed by atoms with Crippen molar-refractivity contribution in [3.8, 4) is 22.3 Å². The first-order chi connectivity index (χ1) is 14.4. The third-order valence-corrected chi connectivity index (χ3v) is 6.03. The van der Waals surface area contributed by atoms with Gasteiger partial charge in [-0.2, -0.15) is 0 Å². The number of aromatic nitrogens is 1. The molecule has 1 N–H and O–H groups in total. The van der Waals surface area contributed by atoms with Crippen LogP contribution in [0, 0.1) is 6.92 Å². The molecule has 3 aromatic rings. The Hall–Kier alpha value is -3.33. The summed E-state index contributed by atoms with van der Waals surface area (Å²) >= 11 is 1.51. The number of oxazole rings is 1. The fourth-order valence-electron chi connectivity index (χ4n) is 3.41. The lowest BCUT2D eigenvalue weighted by Gasteiger charge is -2.23. The van der Waals surface area contributed by atoms with E-state index in [2.05, 4.69) is 10.3 Å². The first-order valence-electron chi connectivity index (χ1n) is 9.24. The van der Waals surface area contributed by atoms with Crippen molar-refractivity contribution in [1.82, 2.24) is 15.2 Å². The molecular formula is C21H21N3O5S. The molecule has 30 heavy (non-hydrogen) atoms. The van der Waals surface area contributed by atoms with E-state index in [1.807, 2.05) is 17.5 Å². The van der Waals surface area contributed by atoms with Crippen LogP contribution in [-0.2, 0) is 16.9 Å². The van der Waals surface area contributed by atoms with Crippen LogP contribution in [0.2, 0.25) is 0 Å². The highest BCUT2D eigenvalue weighted by molar-refractivity contribution is 7.13. The third-order valence-electron chi connectivity index (χ3n) is 5.17. The van der Waals surface area contributed by atoms with Crippen molar-refractivity contribution in [3.05, 3.63) is 52.7 Å². The summed E-state index contributed by atoms with van der Waals surface area (Å²) in [6, 6.07) is 8.46. The molecule has 8 nitrogen and oxygen atoms in total. The smallest absolute Gasteiger partial charge is 0.325 e. The number of amides is 3. The van der Waals surface area contributed by atoms with Crippen molar-refractivity contribution in [2.75, 3.05) is 14.2 Å². The van der Waals surface area contributed by atoms with E-state index < -0.39 is 11.6 Å². The Morgan fingerprint density at radius 2 is 1.97 bits per heavy atom. The van der Waals surface area contributed by atoms with Gasteiger partial charge in [0.05, 0.1) is 25.6 Å². The van der Waals surface area contributed by atoms with Crippen LogP contribution < -0.4 is 14.8 Å². The van der Waals surface area contributed by atoms with Crippen LogP contribution in [-0.4, -0.2) is 36.0 Å². The number of nitrogens with zero attached hydrogens (tertiary/aromatic N) is 2. The van der Waals surface area contributed by atoms with Crippen LogP contribution in [0.5, 0.6) is 11.5 Å². The molecule has 3 heterocycles. The van der Waals surface area contributed by atoms with Crippen molar-refractivity contribution in [2.24, 2.45) is 0 Å². The van der Waals surface area contributed by atoms with Crippen LogP contribution in [0.25, 0.3) is 10.8 Å². The average Bonchev–Trinajstić information content (AvgIpc) is 3.44. The zero-order chi connectivity index (χ0) is 21.5. The van der Waals surface area contributed by atoms with E-state index in [0.29, 0.717) is 34.4 Å².